The molecule has 0 unspecified atom stereocenters. The summed E-state index contributed by atoms with van der Waals surface area (Å²) in [5, 5.41) is 12.3. The number of nitro benzene ring substituents is 1. The standard InChI is InChI=1S/C29H19Cl2N3O2/c30-23-11-16-27(26(31)18-23)32-19-22-17-28(20-7-3-1-4-8-20)33(29(22)21-9-5-2-6-10-21)24-12-14-25(15-13-24)34(35)36/h1-19H. The molecule has 1 aromatic heterocycles. The van der Waals surface area contributed by atoms with Crippen LogP contribution in [0.2, 0.25) is 10.0 Å². The summed E-state index contributed by atoms with van der Waals surface area (Å²) < 4.78 is 2.10. The van der Waals surface area contributed by atoms with Gasteiger partial charge in [-0.05, 0) is 47.5 Å². The summed E-state index contributed by atoms with van der Waals surface area (Å²) >= 11 is 12.4. The molecule has 0 spiro atoms. The molecule has 0 radical (unpaired) electrons. The van der Waals surface area contributed by atoms with Crippen LogP contribution in [0.3, 0.4) is 0 Å². The van der Waals surface area contributed by atoms with Crippen LogP contribution < -0.4 is 0 Å². The zero-order valence-electron chi connectivity index (χ0n) is 18.9. The molecule has 0 saturated heterocycles. The molecule has 0 bridgehead atoms. The summed E-state index contributed by atoms with van der Waals surface area (Å²) in [5.74, 6) is 0. The number of benzene rings is 4. The Balaban J connectivity index is 1.76. The van der Waals surface area contributed by atoms with E-state index in [4.69, 9.17) is 23.2 Å². The lowest BCUT2D eigenvalue weighted by atomic mass is 10.1. The van der Waals surface area contributed by atoms with Crippen molar-refractivity contribution in [2.75, 3.05) is 0 Å². The van der Waals surface area contributed by atoms with Gasteiger partial charge in [-0.2, -0.15) is 0 Å². The van der Waals surface area contributed by atoms with E-state index in [9.17, 15) is 10.1 Å². The zero-order valence-corrected chi connectivity index (χ0v) is 20.4. The molecule has 1 heterocycles. The minimum atomic E-state index is -0.399. The fourth-order valence-corrected chi connectivity index (χ4v) is 4.52. The fraction of sp³-hybridized carbons (Fsp3) is 0. The molecular formula is C29H19Cl2N3O2. The molecule has 5 nitrogen and oxygen atoms in total. The van der Waals surface area contributed by atoms with Gasteiger partial charge >= 0.3 is 0 Å². The topological polar surface area (TPSA) is 60.4 Å². The van der Waals surface area contributed by atoms with E-state index in [-0.39, 0.29) is 5.69 Å². The average molecular weight is 512 g/mol. The molecule has 0 atom stereocenters. The highest BCUT2D eigenvalue weighted by Crippen LogP contribution is 2.36. The number of rotatable bonds is 6. The highest BCUT2D eigenvalue weighted by Gasteiger charge is 2.19. The predicted octanol–water partition coefficient (Wildman–Crippen LogP) is 8.78. The van der Waals surface area contributed by atoms with Crippen molar-refractivity contribution >= 4 is 40.8 Å². The van der Waals surface area contributed by atoms with Gasteiger partial charge in [0, 0.05) is 34.6 Å². The number of hydrogen-bond donors (Lipinski definition) is 0. The Bertz CT molecular complexity index is 1560. The maximum atomic E-state index is 11.3. The van der Waals surface area contributed by atoms with Crippen molar-refractivity contribution in [3.05, 3.63) is 135 Å². The highest BCUT2D eigenvalue weighted by atomic mass is 35.5. The third kappa shape index (κ3) is 4.80. The molecule has 5 aromatic rings. The van der Waals surface area contributed by atoms with Gasteiger partial charge in [0.2, 0.25) is 0 Å². The van der Waals surface area contributed by atoms with Crippen LogP contribution in [0.4, 0.5) is 11.4 Å². The molecule has 5 rings (SSSR count). The van der Waals surface area contributed by atoms with Gasteiger partial charge in [-0.15, -0.1) is 0 Å². The predicted molar refractivity (Wildman–Crippen MR) is 147 cm³/mol. The minimum absolute atomic E-state index is 0.0348. The minimum Gasteiger partial charge on any atom is -0.309 e. The molecule has 7 heteroatoms. The number of nitrogens with zero attached hydrogens (tertiary/aromatic N) is 3. The molecule has 0 aliphatic carbocycles. The second-order valence-corrected chi connectivity index (χ2v) is 8.87. The lowest BCUT2D eigenvalue weighted by molar-refractivity contribution is -0.384. The molecular weight excluding hydrogens is 493 g/mol. The van der Waals surface area contributed by atoms with Crippen molar-refractivity contribution in [1.82, 2.24) is 4.57 Å². The van der Waals surface area contributed by atoms with E-state index in [0.29, 0.717) is 15.7 Å². The van der Waals surface area contributed by atoms with Crippen molar-refractivity contribution in [2.45, 2.75) is 0 Å². The van der Waals surface area contributed by atoms with E-state index >= 15 is 0 Å². The van der Waals surface area contributed by atoms with Crippen LogP contribution in [0.5, 0.6) is 0 Å². The van der Waals surface area contributed by atoms with E-state index in [1.165, 1.54) is 12.1 Å². The fourth-order valence-electron chi connectivity index (χ4n) is 4.06. The van der Waals surface area contributed by atoms with Crippen molar-refractivity contribution in [1.29, 1.82) is 0 Å². The van der Waals surface area contributed by atoms with Gasteiger partial charge in [0.05, 0.1) is 27.0 Å². The van der Waals surface area contributed by atoms with E-state index in [1.807, 2.05) is 60.7 Å². The first-order chi connectivity index (χ1) is 17.5. The van der Waals surface area contributed by atoms with Crippen LogP contribution in [0.1, 0.15) is 5.56 Å². The number of hydrogen-bond acceptors (Lipinski definition) is 3. The van der Waals surface area contributed by atoms with Crippen molar-refractivity contribution in [3.8, 4) is 28.2 Å². The van der Waals surface area contributed by atoms with Crippen LogP contribution in [0.25, 0.3) is 28.2 Å². The molecule has 0 fully saturated rings. The van der Waals surface area contributed by atoms with Gasteiger partial charge in [-0.1, -0.05) is 83.9 Å². The monoisotopic (exact) mass is 511 g/mol. The van der Waals surface area contributed by atoms with Crippen LogP contribution in [0, 0.1) is 10.1 Å². The zero-order chi connectivity index (χ0) is 25.1. The molecule has 0 aliphatic heterocycles. The summed E-state index contributed by atoms with van der Waals surface area (Å²) in [5.41, 5.74) is 6.09. The average Bonchev–Trinajstić information content (AvgIpc) is 3.29. The summed E-state index contributed by atoms with van der Waals surface area (Å²) in [6, 6.07) is 33.7. The molecule has 0 aliphatic rings. The normalized spacial score (nSPS) is 11.2. The molecule has 0 amide bonds. The Kier molecular flexibility index (Phi) is 6.67. The van der Waals surface area contributed by atoms with Gasteiger partial charge < -0.3 is 4.57 Å². The first-order valence-corrected chi connectivity index (χ1v) is 11.9. The van der Waals surface area contributed by atoms with Crippen molar-refractivity contribution in [3.63, 3.8) is 0 Å². The Morgan fingerprint density at radius 3 is 2.03 bits per heavy atom. The summed E-state index contributed by atoms with van der Waals surface area (Å²) in [6.45, 7) is 0. The van der Waals surface area contributed by atoms with Gasteiger partial charge in [-0.25, -0.2) is 0 Å². The first-order valence-electron chi connectivity index (χ1n) is 11.1. The quantitative estimate of drug-likeness (QED) is 0.130. The second-order valence-electron chi connectivity index (χ2n) is 8.03. The second kappa shape index (κ2) is 10.2. The summed E-state index contributed by atoms with van der Waals surface area (Å²) in [6.07, 6.45) is 1.78. The van der Waals surface area contributed by atoms with Crippen LogP contribution >= 0.6 is 23.2 Å². The number of non-ortho nitro benzene ring substituents is 1. The first kappa shape index (κ1) is 23.5. The molecule has 176 valence electrons. The van der Waals surface area contributed by atoms with E-state index < -0.39 is 4.92 Å². The summed E-state index contributed by atoms with van der Waals surface area (Å²) in [7, 11) is 0. The lowest BCUT2D eigenvalue weighted by Gasteiger charge is -2.15. The smallest absolute Gasteiger partial charge is 0.269 e. The van der Waals surface area contributed by atoms with Gasteiger partial charge in [0.1, 0.15) is 0 Å². The largest absolute Gasteiger partial charge is 0.309 e. The molecule has 0 saturated carbocycles. The lowest BCUT2D eigenvalue weighted by Crippen LogP contribution is -2.01. The number of aromatic nitrogens is 1. The third-order valence-corrected chi connectivity index (χ3v) is 6.26. The highest BCUT2D eigenvalue weighted by molar-refractivity contribution is 6.36. The Morgan fingerprint density at radius 2 is 1.42 bits per heavy atom. The Morgan fingerprint density at radius 1 is 0.778 bits per heavy atom. The SMILES string of the molecule is O=[N+]([O-])c1ccc(-n2c(-c3ccccc3)cc(C=Nc3ccc(Cl)cc3Cl)c2-c2ccccc2)cc1. The summed E-state index contributed by atoms with van der Waals surface area (Å²) in [4.78, 5) is 15.5. The number of halogens is 2. The number of aliphatic imine (C=N–C) groups is 1. The van der Waals surface area contributed by atoms with Crippen LogP contribution in [-0.2, 0) is 0 Å². The number of nitro groups is 1. The molecule has 0 N–H and O–H groups in total. The molecule has 36 heavy (non-hydrogen) atoms. The van der Waals surface area contributed by atoms with Gasteiger partial charge in [0.15, 0.2) is 0 Å². The van der Waals surface area contributed by atoms with Crippen molar-refractivity contribution in [2.24, 2.45) is 4.99 Å². The van der Waals surface area contributed by atoms with Crippen LogP contribution in [-0.4, -0.2) is 15.7 Å². The maximum absolute atomic E-state index is 11.3. The molecule has 4 aromatic carbocycles. The van der Waals surface area contributed by atoms with Gasteiger partial charge in [-0.3, -0.25) is 15.1 Å². The van der Waals surface area contributed by atoms with Crippen LogP contribution in [0.15, 0.2) is 114 Å². The Hall–Kier alpha value is -4.19. The van der Waals surface area contributed by atoms with Crippen molar-refractivity contribution < 1.29 is 4.92 Å². The van der Waals surface area contributed by atoms with Gasteiger partial charge in [0.25, 0.3) is 5.69 Å². The Labute approximate surface area is 218 Å². The third-order valence-electron chi connectivity index (χ3n) is 5.72. The van der Waals surface area contributed by atoms with E-state index in [2.05, 4.69) is 15.6 Å². The maximum Gasteiger partial charge on any atom is 0.269 e. The van der Waals surface area contributed by atoms with E-state index in [0.717, 1.165) is 33.8 Å². The van der Waals surface area contributed by atoms with E-state index in [1.54, 1.807) is 36.5 Å².